The molecule has 0 aromatic heterocycles. The summed E-state index contributed by atoms with van der Waals surface area (Å²) in [4.78, 5) is 0. The highest BCUT2D eigenvalue weighted by Gasteiger charge is 2.21. The summed E-state index contributed by atoms with van der Waals surface area (Å²) in [6, 6.07) is 0. The first kappa shape index (κ1) is 17.0. The normalized spacial score (nSPS) is 16.3. The van der Waals surface area contributed by atoms with Gasteiger partial charge in [-0.1, -0.05) is 51.5 Å². The largest absolute Gasteiger partial charge is 0.385 e. The van der Waals surface area contributed by atoms with Gasteiger partial charge < -0.3 is 11.1 Å². The Morgan fingerprint density at radius 1 is 1.45 bits per heavy atom. The fourth-order valence-electron chi connectivity index (χ4n) is 2.31. The lowest BCUT2D eigenvalue weighted by Gasteiger charge is -2.29. The van der Waals surface area contributed by atoms with Gasteiger partial charge in [-0.3, -0.25) is 0 Å². The number of allylic oxidation sites excluding steroid dienone is 4. The molecule has 2 nitrogen and oxygen atoms in total. The third-order valence-electron chi connectivity index (χ3n) is 4.16. The molecule has 0 saturated heterocycles. The molecule has 0 aromatic rings. The molecule has 3 N–H and O–H groups in total. The van der Waals surface area contributed by atoms with Crippen LogP contribution < -0.4 is 11.1 Å². The lowest BCUT2D eigenvalue weighted by molar-refractivity contribution is 0.247. The van der Waals surface area contributed by atoms with Gasteiger partial charge in [-0.2, -0.15) is 0 Å². The summed E-state index contributed by atoms with van der Waals surface area (Å²) in [6.07, 6.45) is 12.4. The second-order valence-corrected chi connectivity index (χ2v) is 6.76. The van der Waals surface area contributed by atoms with Crippen molar-refractivity contribution in [2.45, 2.75) is 52.9 Å². The van der Waals surface area contributed by atoms with Crippen molar-refractivity contribution in [1.82, 2.24) is 5.32 Å². The Kier molecular flexibility index (Phi) is 7.08. The Bertz CT molecular complexity index is 358. The van der Waals surface area contributed by atoms with Gasteiger partial charge >= 0.3 is 0 Å². The van der Waals surface area contributed by atoms with Gasteiger partial charge in [-0.25, -0.2) is 0 Å². The van der Waals surface area contributed by atoms with E-state index in [-0.39, 0.29) is 0 Å². The lowest BCUT2D eigenvalue weighted by atomic mass is 9.79. The average molecular weight is 276 g/mol. The zero-order valence-corrected chi connectivity index (χ0v) is 13.5. The molecule has 1 rings (SSSR count). The van der Waals surface area contributed by atoms with Crippen molar-refractivity contribution in [3.8, 4) is 0 Å². The highest BCUT2D eigenvalue weighted by Crippen LogP contribution is 2.30. The molecule has 0 amide bonds. The molecule has 0 heterocycles. The number of nitrogens with one attached hydrogen (secondary N) is 1. The minimum Gasteiger partial charge on any atom is -0.385 e. The van der Waals surface area contributed by atoms with Gasteiger partial charge in [0.25, 0.3) is 0 Å². The van der Waals surface area contributed by atoms with Crippen LogP contribution in [0.15, 0.2) is 36.1 Å². The monoisotopic (exact) mass is 276 g/mol. The van der Waals surface area contributed by atoms with Crippen molar-refractivity contribution >= 4 is 0 Å². The summed E-state index contributed by atoms with van der Waals surface area (Å²) in [5.74, 6) is 0.627. The van der Waals surface area contributed by atoms with Gasteiger partial charge in [0, 0.05) is 12.2 Å². The topological polar surface area (TPSA) is 38.0 Å². The second kappa shape index (κ2) is 8.31. The predicted molar refractivity (Wildman–Crippen MR) is 89.5 cm³/mol. The third-order valence-corrected chi connectivity index (χ3v) is 4.16. The van der Waals surface area contributed by atoms with E-state index in [4.69, 9.17) is 5.73 Å². The predicted octanol–water partition coefficient (Wildman–Crippen LogP) is 4.16. The van der Waals surface area contributed by atoms with Gasteiger partial charge in [0.2, 0.25) is 0 Å². The molecule has 1 aliphatic rings. The Morgan fingerprint density at radius 3 is 2.70 bits per heavy atom. The van der Waals surface area contributed by atoms with E-state index in [0.29, 0.717) is 11.3 Å². The molecule has 114 valence electrons. The Balaban J connectivity index is 2.35. The summed E-state index contributed by atoms with van der Waals surface area (Å²) in [5, 5.41) is 3.44. The Morgan fingerprint density at radius 2 is 2.15 bits per heavy atom. The molecule has 0 radical (unpaired) electrons. The molecular weight excluding hydrogens is 244 g/mol. The summed E-state index contributed by atoms with van der Waals surface area (Å²) in [5.41, 5.74) is 8.68. The van der Waals surface area contributed by atoms with E-state index >= 15 is 0 Å². The van der Waals surface area contributed by atoms with Crippen LogP contribution in [0.5, 0.6) is 0 Å². The lowest BCUT2D eigenvalue weighted by Crippen LogP contribution is -2.27. The van der Waals surface area contributed by atoms with Gasteiger partial charge in [0.1, 0.15) is 0 Å². The Hall–Kier alpha value is -1.02. The minimum atomic E-state index is 0.398. The van der Waals surface area contributed by atoms with E-state index in [1.807, 2.05) is 0 Å². The summed E-state index contributed by atoms with van der Waals surface area (Å²) in [6.45, 7) is 12.7. The first-order chi connectivity index (χ1) is 9.46. The van der Waals surface area contributed by atoms with Crippen LogP contribution >= 0.6 is 0 Å². The highest BCUT2D eigenvalue weighted by molar-refractivity contribution is 5.26. The molecular formula is C18H32N2. The molecule has 1 saturated carbocycles. The molecule has 0 aliphatic heterocycles. The quantitative estimate of drug-likeness (QED) is 0.588. The van der Waals surface area contributed by atoms with Crippen LogP contribution in [-0.4, -0.2) is 13.1 Å². The highest BCUT2D eigenvalue weighted by atomic mass is 14.9. The molecule has 1 aliphatic carbocycles. The Labute approximate surface area is 125 Å². The smallest absolute Gasteiger partial charge is 0.0267 e. The average Bonchev–Trinajstić information content (AvgIpc) is 3.20. The van der Waals surface area contributed by atoms with Crippen molar-refractivity contribution in [3.05, 3.63) is 36.1 Å². The third kappa shape index (κ3) is 7.54. The SMILES string of the molecule is C=C(/C=C\C=C1CC1)NCC(CCN)CC(C)(C)CC. The minimum absolute atomic E-state index is 0.398. The molecule has 0 aromatic carbocycles. The molecule has 20 heavy (non-hydrogen) atoms. The summed E-state index contributed by atoms with van der Waals surface area (Å²) >= 11 is 0. The molecule has 1 unspecified atom stereocenters. The van der Waals surface area contributed by atoms with E-state index in [0.717, 1.165) is 25.2 Å². The van der Waals surface area contributed by atoms with Crippen LogP contribution in [0.3, 0.4) is 0 Å². The van der Waals surface area contributed by atoms with Crippen molar-refractivity contribution in [2.24, 2.45) is 17.1 Å². The molecule has 1 atom stereocenters. The van der Waals surface area contributed by atoms with Crippen LogP contribution in [-0.2, 0) is 0 Å². The number of hydrogen-bond donors (Lipinski definition) is 2. The molecule has 1 fully saturated rings. The number of rotatable bonds is 10. The van der Waals surface area contributed by atoms with Gasteiger partial charge in [0.05, 0.1) is 0 Å². The zero-order chi connectivity index (χ0) is 15.0. The van der Waals surface area contributed by atoms with E-state index in [9.17, 15) is 0 Å². The van der Waals surface area contributed by atoms with E-state index in [2.05, 4.69) is 50.9 Å². The van der Waals surface area contributed by atoms with Crippen LogP contribution in [0.4, 0.5) is 0 Å². The van der Waals surface area contributed by atoms with Crippen LogP contribution in [0.2, 0.25) is 0 Å². The fraction of sp³-hybridized carbons (Fsp3) is 0.667. The fourth-order valence-corrected chi connectivity index (χ4v) is 2.31. The van der Waals surface area contributed by atoms with Gasteiger partial charge in [-0.15, -0.1) is 0 Å². The summed E-state index contributed by atoms with van der Waals surface area (Å²) in [7, 11) is 0. The van der Waals surface area contributed by atoms with Gasteiger partial charge in [0.15, 0.2) is 0 Å². The van der Waals surface area contributed by atoms with E-state index < -0.39 is 0 Å². The maximum atomic E-state index is 5.74. The van der Waals surface area contributed by atoms with E-state index in [1.165, 1.54) is 25.7 Å². The zero-order valence-electron chi connectivity index (χ0n) is 13.5. The van der Waals surface area contributed by atoms with Crippen molar-refractivity contribution in [3.63, 3.8) is 0 Å². The van der Waals surface area contributed by atoms with E-state index in [1.54, 1.807) is 5.57 Å². The van der Waals surface area contributed by atoms with Crippen LogP contribution in [0.1, 0.15) is 52.9 Å². The molecule has 0 bridgehead atoms. The standard InChI is InChI=1S/C18H32N2/c1-5-18(3,4)13-17(11-12-19)14-20-15(2)7-6-8-16-9-10-16/h6-8,17,20H,2,5,9-14,19H2,1,3-4H3/b7-6-. The van der Waals surface area contributed by atoms with Crippen molar-refractivity contribution < 1.29 is 0 Å². The second-order valence-electron chi connectivity index (χ2n) is 6.76. The maximum absolute atomic E-state index is 5.74. The first-order valence-corrected chi connectivity index (χ1v) is 7.96. The van der Waals surface area contributed by atoms with Crippen LogP contribution in [0.25, 0.3) is 0 Å². The van der Waals surface area contributed by atoms with Crippen molar-refractivity contribution in [2.75, 3.05) is 13.1 Å². The number of hydrogen-bond acceptors (Lipinski definition) is 2. The van der Waals surface area contributed by atoms with Gasteiger partial charge in [-0.05, 0) is 49.6 Å². The summed E-state index contributed by atoms with van der Waals surface area (Å²) < 4.78 is 0. The molecule has 0 spiro atoms. The number of nitrogens with two attached hydrogens (primary N) is 1. The first-order valence-electron chi connectivity index (χ1n) is 7.96. The van der Waals surface area contributed by atoms with Crippen LogP contribution in [0, 0.1) is 11.3 Å². The van der Waals surface area contributed by atoms with Crippen molar-refractivity contribution in [1.29, 1.82) is 0 Å². The maximum Gasteiger partial charge on any atom is 0.0267 e. The molecule has 2 heteroatoms.